The molecule has 0 bridgehead atoms. The monoisotopic (exact) mass is 293 g/mol. The molecule has 21 heavy (non-hydrogen) atoms. The van der Waals surface area contributed by atoms with Crippen LogP contribution < -0.4 is 5.73 Å². The third kappa shape index (κ3) is 3.29. The molecular formula is C18H28FNO. The first kappa shape index (κ1) is 16.4. The lowest BCUT2D eigenvalue weighted by atomic mass is 9.57. The molecule has 0 heterocycles. The van der Waals surface area contributed by atoms with Gasteiger partial charge in [-0.25, -0.2) is 4.39 Å². The number of rotatable bonds is 4. The molecule has 3 N–H and O–H groups in total. The minimum atomic E-state index is -0.986. The summed E-state index contributed by atoms with van der Waals surface area (Å²) in [5.74, 6) is -0.249. The number of aliphatic hydroxyl groups is 1. The van der Waals surface area contributed by atoms with Crippen LogP contribution in [0.2, 0.25) is 0 Å². The summed E-state index contributed by atoms with van der Waals surface area (Å²) in [7, 11) is 0. The van der Waals surface area contributed by atoms with Crippen LogP contribution in [0.25, 0.3) is 0 Å². The van der Waals surface area contributed by atoms with Crippen LogP contribution in [0.15, 0.2) is 24.3 Å². The van der Waals surface area contributed by atoms with Gasteiger partial charge >= 0.3 is 0 Å². The van der Waals surface area contributed by atoms with Gasteiger partial charge in [0.05, 0.1) is 5.60 Å². The lowest BCUT2D eigenvalue weighted by Gasteiger charge is -2.51. The highest BCUT2D eigenvalue weighted by Gasteiger charge is 2.49. The fraction of sp³-hybridized carbons (Fsp3) is 0.667. The topological polar surface area (TPSA) is 46.2 Å². The molecule has 2 nitrogen and oxygen atoms in total. The molecule has 0 saturated heterocycles. The molecule has 1 unspecified atom stereocenters. The third-order valence-electron chi connectivity index (χ3n) is 5.59. The third-order valence-corrected chi connectivity index (χ3v) is 5.59. The van der Waals surface area contributed by atoms with E-state index in [1.54, 1.807) is 12.1 Å². The Hall–Kier alpha value is -0.930. The summed E-state index contributed by atoms with van der Waals surface area (Å²) in [4.78, 5) is 0. The van der Waals surface area contributed by atoms with Gasteiger partial charge in [0.25, 0.3) is 0 Å². The molecule has 1 aliphatic rings. The molecule has 0 aliphatic heterocycles. The highest BCUT2D eigenvalue weighted by molar-refractivity contribution is 5.21. The smallest absolute Gasteiger partial charge is 0.126 e. The molecule has 2 rings (SSSR count). The first-order valence-electron chi connectivity index (χ1n) is 7.87. The summed E-state index contributed by atoms with van der Waals surface area (Å²) in [6.07, 6.45) is 4.22. The SMILES string of the molecule is CC1(C)CCC(CN)(C(C)(O)Cc2ccccc2F)CC1. The van der Waals surface area contributed by atoms with E-state index < -0.39 is 5.60 Å². The van der Waals surface area contributed by atoms with Crippen molar-refractivity contribution in [1.82, 2.24) is 0 Å². The second-order valence-corrected chi connectivity index (χ2v) is 7.69. The Balaban J connectivity index is 2.22. The highest BCUT2D eigenvalue weighted by Crippen LogP contribution is 2.50. The molecule has 1 aliphatic carbocycles. The van der Waals surface area contributed by atoms with Gasteiger partial charge in [-0.15, -0.1) is 0 Å². The van der Waals surface area contributed by atoms with Crippen molar-refractivity contribution in [3.63, 3.8) is 0 Å². The van der Waals surface area contributed by atoms with Crippen LogP contribution in [0.5, 0.6) is 0 Å². The average molecular weight is 293 g/mol. The Labute approximate surface area is 127 Å². The Morgan fingerprint density at radius 1 is 1.19 bits per heavy atom. The quantitative estimate of drug-likeness (QED) is 0.890. The lowest BCUT2D eigenvalue weighted by molar-refractivity contribution is -0.0989. The minimum absolute atomic E-state index is 0.249. The summed E-state index contributed by atoms with van der Waals surface area (Å²) in [5, 5.41) is 11.1. The molecule has 0 spiro atoms. The fourth-order valence-electron chi connectivity index (χ4n) is 3.57. The predicted molar refractivity (Wildman–Crippen MR) is 84.5 cm³/mol. The van der Waals surface area contributed by atoms with Crippen molar-refractivity contribution in [3.8, 4) is 0 Å². The van der Waals surface area contributed by atoms with Crippen molar-refractivity contribution < 1.29 is 9.50 Å². The zero-order valence-corrected chi connectivity index (χ0v) is 13.5. The maximum Gasteiger partial charge on any atom is 0.126 e. The summed E-state index contributed by atoms with van der Waals surface area (Å²) in [6.45, 7) is 6.80. The van der Waals surface area contributed by atoms with Crippen molar-refractivity contribution in [2.45, 2.75) is 58.5 Å². The number of benzene rings is 1. The van der Waals surface area contributed by atoms with E-state index >= 15 is 0 Å². The Morgan fingerprint density at radius 2 is 1.76 bits per heavy atom. The standard InChI is InChI=1S/C18H28FNO/c1-16(2)8-10-18(13-20,11-9-16)17(3,21)12-14-6-4-5-7-15(14)19/h4-7,21H,8-13,20H2,1-3H3. The van der Waals surface area contributed by atoms with Crippen molar-refractivity contribution >= 4 is 0 Å². The maximum atomic E-state index is 13.9. The van der Waals surface area contributed by atoms with E-state index in [2.05, 4.69) is 13.8 Å². The van der Waals surface area contributed by atoms with Crippen LogP contribution in [-0.4, -0.2) is 17.3 Å². The minimum Gasteiger partial charge on any atom is -0.389 e. The Bertz CT molecular complexity index is 486. The van der Waals surface area contributed by atoms with E-state index in [1.807, 2.05) is 13.0 Å². The molecule has 118 valence electrons. The summed E-state index contributed by atoms with van der Waals surface area (Å²) >= 11 is 0. The van der Waals surface area contributed by atoms with Gasteiger partial charge in [0.1, 0.15) is 5.82 Å². The van der Waals surface area contributed by atoms with Gasteiger partial charge in [-0.2, -0.15) is 0 Å². The molecule has 3 heteroatoms. The first-order chi connectivity index (χ1) is 9.71. The summed E-state index contributed by atoms with van der Waals surface area (Å²) in [5.41, 5.74) is 5.63. The van der Waals surface area contributed by atoms with Crippen LogP contribution in [0.3, 0.4) is 0 Å². The van der Waals surface area contributed by atoms with Gasteiger partial charge in [-0.3, -0.25) is 0 Å². The number of halogens is 1. The van der Waals surface area contributed by atoms with Gasteiger partial charge in [-0.1, -0.05) is 32.0 Å². The molecule has 0 radical (unpaired) electrons. The summed E-state index contributed by atoms with van der Waals surface area (Å²) in [6, 6.07) is 6.69. The molecule has 1 aromatic carbocycles. The van der Waals surface area contributed by atoms with Gasteiger partial charge < -0.3 is 10.8 Å². The summed E-state index contributed by atoms with van der Waals surface area (Å²) < 4.78 is 13.9. The molecule has 1 atom stereocenters. The maximum absolute atomic E-state index is 13.9. The number of hydrogen-bond donors (Lipinski definition) is 2. The molecule has 1 fully saturated rings. The van der Waals surface area contributed by atoms with Gasteiger partial charge in [0, 0.05) is 18.4 Å². The van der Waals surface area contributed by atoms with Crippen LogP contribution in [-0.2, 0) is 6.42 Å². The van der Waals surface area contributed by atoms with E-state index in [0.717, 1.165) is 25.7 Å². The van der Waals surface area contributed by atoms with Gasteiger partial charge in [0.2, 0.25) is 0 Å². The van der Waals surface area contributed by atoms with E-state index in [1.165, 1.54) is 6.07 Å². The zero-order chi connectivity index (χ0) is 15.7. The molecule has 0 amide bonds. The molecular weight excluding hydrogens is 265 g/mol. The van der Waals surface area contributed by atoms with Gasteiger partial charge in [-0.05, 0) is 49.7 Å². The van der Waals surface area contributed by atoms with Crippen LogP contribution in [0.1, 0.15) is 52.0 Å². The Kier molecular flexibility index (Phi) is 4.46. The largest absolute Gasteiger partial charge is 0.389 e. The molecule has 1 aromatic rings. The second-order valence-electron chi connectivity index (χ2n) is 7.69. The van der Waals surface area contributed by atoms with Crippen molar-refractivity contribution in [2.24, 2.45) is 16.6 Å². The van der Waals surface area contributed by atoms with Crippen LogP contribution >= 0.6 is 0 Å². The zero-order valence-electron chi connectivity index (χ0n) is 13.5. The van der Waals surface area contributed by atoms with E-state index in [-0.39, 0.29) is 11.2 Å². The van der Waals surface area contributed by atoms with Gasteiger partial charge in [0.15, 0.2) is 0 Å². The predicted octanol–water partition coefficient (Wildman–Crippen LogP) is 3.66. The van der Waals surface area contributed by atoms with Crippen LogP contribution in [0, 0.1) is 16.6 Å². The lowest BCUT2D eigenvalue weighted by Crippen LogP contribution is -2.54. The van der Waals surface area contributed by atoms with E-state index in [4.69, 9.17) is 5.73 Å². The number of hydrogen-bond acceptors (Lipinski definition) is 2. The second kappa shape index (κ2) is 5.69. The normalized spacial score (nSPS) is 23.5. The highest BCUT2D eigenvalue weighted by atomic mass is 19.1. The van der Waals surface area contributed by atoms with E-state index in [0.29, 0.717) is 23.9 Å². The van der Waals surface area contributed by atoms with Crippen LogP contribution in [0.4, 0.5) is 4.39 Å². The average Bonchev–Trinajstić information content (AvgIpc) is 2.41. The van der Waals surface area contributed by atoms with Crippen molar-refractivity contribution in [1.29, 1.82) is 0 Å². The Morgan fingerprint density at radius 3 is 2.29 bits per heavy atom. The fourth-order valence-corrected chi connectivity index (χ4v) is 3.57. The first-order valence-corrected chi connectivity index (χ1v) is 7.87. The molecule has 1 saturated carbocycles. The number of nitrogens with two attached hydrogens (primary N) is 1. The van der Waals surface area contributed by atoms with Crippen molar-refractivity contribution in [2.75, 3.05) is 6.54 Å². The van der Waals surface area contributed by atoms with E-state index in [9.17, 15) is 9.50 Å². The molecule has 0 aromatic heterocycles. The van der Waals surface area contributed by atoms with Crippen molar-refractivity contribution in [3.05, 3.63) is 35.6 Å².